The van der Waals surface area contributed by atoms with Crippen molar-refractivity contribution in [2.24, 2.45) is 0 Å². The average molecular weight is 458 g/mol. The molecule has 3 aromatic carbocycles. The number of carbonyl (C=O) groups excluding carboxylic acids is 1. The normalized spacial score (nSPS) is 13.8. The van der Waals surface area contributed by atoms with Gasteiger partial charge >= 0.3 is 5.97 Å². The van der Waals surface area contributed by atoms with E-state index in [-0.39, 0.29) is 11.4 Å². The Labute approximate surface area is 195 Å². The lowest BCUT2D eigenvalue weighted by atomic mass is 10.1. The van der Waals surface area contributed by atoms with E-state index in [1.54, 1.807) is 30.3 Å². The summed E-state index contributed by atoms with van der Waals surface area (Å²) >= 11 is 0. The minimum atomic E-state index is -0.496. The maximum Gasteiger partial charge on any atom is 0.337 e. The lowest BCUT2D eigenvalue weighted by molar-refractivity contribution is 0.0601. The van der Waals surface area contributed by atoms with E-state index in [2.05, 4.69) is 21.9 Å². The molecule has 172 valence electrons. The van der Waals surface area contributed by atoms with Crippen molar-refractivity contribution in [2.45, 2.75) is 0 Å². The summed E-state index contributed by atoms with van der Waals surface area (Å²) in [7, 11) is 1.31. The molecular weight excluding hydrogens is 435 g/mol. The Morgan fingerprint density at radius 1 is 0.882 bits per heavy atom. The van der Waals surface area contributed by atoms with E-state index in [1.807, 2.05) is 18.2 Å². The minimum Gasteiger partial charge on any atom is -0.465 e. The Kier molecular flexibility index (Phi) is 5.71. The Balaban J connectivity index is 1.59. The molecule has 7 nitrogen and oxygen atoms in total. The van der Waals surface area contributed by atoms with Gasteiger partial charge in [-0.3, -0.25) is 4.79 Å². The van der Waals surface area contributed by atoms with Gasteiger partial charge in [0.05, 0.1) is 29.3 Å². The molecule has 0 aliphatic carbocycles. The fourth-order valence-electron chi connectivity index (χ4n) is 4.26. The second-order valence-corrected chi connectivity index (χ2v) is 8.06. The van der Waals surface area contributed by atoms with Crippen molar-refractivity contribution >= 4 is 28.5 Å². The van der Waals surface area contributed by atoms with Crippen molar-refractivity contribution in [2.75, 3.05) is 43.1 Å². The molecule has 8 heteroatoms. The first-order chi connectivity index (χ1) is 16.5. The SMILES string of the molecule is COC(=O)c1ccc2c(=O)n(-c3ccc(F)cc3)c(N3CCN(c4ccccc4)CC3)nc2c1. The van der Waals surface area contributed by atoms with Crippen LogP contribution >= 0.6 is 0 Å². The van der Waals surface area contributed by atoms with Gasteiger partial charge in [-0.05, 0) is 54.6 Å². The summed E-state index contributed by atoms with van der Waals surface area (Å²) in [6.45, 7) is 2.79. The second kappa shape index (κ2) is 8.97. The Hall–Kier alpha value is -4.20. The highest BCUT2D eigenvalue weighted by molar-refractivity contribution is 5.94. The van der Waals surface area contributed by atoms with Crippen molar-refractivity contribution in [1.82, 2.24) is 9.55 Å². The number of hydrogen-bond donors (Lipinski definition) is 0. The standard InChI is InChI=1S/C26H23FN4O3/c1-34-25(33)18-7-12-22-23(17-18)28-26(31(24(22)32)21-10-8-19(27)9-11-21)30-15-13-29(14-16-30)20-5-3-2-4-6-20/h2-12,17H,13-16H2,1H3. The quantitative estimate of drug-likeness (QED) is 0.435. The van der Waals surface area contributed by atoms with Crippen LogP contribution in [0.3, 0.4) is 0 Å². The maximum atomic E-state index is 13.6. The van der Waals surface area contributed by atoms with Gasteiger partial charge in [-0.15, -0.1) is 0 Å². The highest BCUT2D eigenvalue weighted by Crippen LogP contribution is 2.24. The van der Waals surface area contributed by atoms with Crippen LogP contribution in [0.15, 0.2) is 77.6 Å². The molecular formula is C26H23FN4O3. The lowest BCUT2D eigenvalue weighted by Crippen LogP contribution is -2.48. The van der Waals surface area contributed by atoms with Gasteiger partial charge in [0.25, 0.3) is 5.56 Å². The summed E-state index contributed by atoms with van der Waals surface area (Å²) in [5.41, 5.74) is 2.12. The zero-order valence-electron chi connectivity index (χ0n) is 18.6. The van der Waals surface area contributed by atoms with Crippen molar-refractivity contribution in [3.8, 4) is 5.69 Å². The number of ether oxygens (including phenoxy) is 1. The number of nitrogens with zero attached hydrogens (tertiary/aromatic N) is 4. The van der Waals surface area contributed by atoms with E-state index < -0.39 is 5.97 Å². The van der Waals surface area contributed by atoms with Crippen LogP contribution in [0.5, 0.6) is 0 Å². The zero-order chi connectivity index (χ0) is 23.7. The number of carbonyl (C=O) groups is 1. The summed E-state index contributed by atoms with van der Waals surface area (Å²) in [6, 6.07) is 20.6. The molecule has 0 bridgehead atoms. The smallest absolute Gasteiger partial charge is 0.337 e. The number of halogens is 1. The maximum absolute atomic E-state index is 13.6. The molecule has 2 heterocycles. The number of anilines is 2. The summed E-state index contributed by atoms with van der Waals surface area (Å²) in [5, 5.41) is 0.364. The monoisotopic (exact) mass is 458 g/mol. The van der Waals surface area contributed by atoms with E-state index >= 15 is 0 Å². The molecule has 1 aromatic heterocycles. The fraction of sp³-hybridized carbons (Fsp3) is 0.192. The van der Waals surface area contributed by atoms with Gasteiger partial charge in [-0.2, -0.15) is 0 Å². The molecule has 0 saturated carbocycles. The average Bonchev–Trinajstić information content (AvgIpc) is 2.89. The van der Waals surface area contributed by atoms with Crippen LogP contribution in [-0.2, 0) is 4.74 Å². The molecule has 1 aliphatic heterocycles. The van der Waals surface area contributed by atoms with Crippen LogP contribution in [0.1, 0.15) is 10.4 Å². The summed E-state index contributed by atoms with van der Waals surface area (Å²) in [4.78, 5) is 34.8. The van der Waals surface area contributed by atoms with Gasteiger partial charge in [-0.1, -0.05) is 18.2 Å². The largest absolute Gasteiger partial charge is 0.465 e. The topological polar surface area (TPSA) is 67.7 Å². The number of esters is 1. The number of hydrogen-bond acceptors (Lipinski definition) is 6. The minimum absolute atomic E-state index is 0.284. The first kappa shape index (κ1) is 21.6. The van der Waals surface area contributed by atoms with E-state index in [1.165, 1.54) is 23.8 Å². The van der Waals surface area contributed by atoms with Gasteiger partial charge in [0.1, 0.15) is 5.82 Å². The van der Waals surface area contributed by atoms with Crippen molar-refractivity contribution < 1.29 is 13.9 Å². The number of fused-ring (bicyclic) bond motifs is 1. The molecule has 1 saturated heterocycles. The van der Waals surface area contributed by atoms with Crippen molar-refractivity contribution in [1.29, 1.82) is 0 Å². The highest BCUT2D eigenvalue weighted by Gasteiger charge is 2.24. The third kappa shape index (κ3) is 3.98. The predicted octanol–water partition coefficient (Wildman–Crippen LogP) is 3.64. The van der Waals surface area contributed by atoms with E-state index in [0.717, 1.165) is 18.8 Å². The number of rotatable bonds is 4. The molecule has 0 N–H and O–H groups in total. The van der Waals surface area contributed by atoms with Crippen LogP contribution in [0.25, 0.3) is 16.6 Å². The molecule has 1 fully saturated rings. The molecule has 34 heavy (non-hydrogen) atoms. The number of benzene rings is 3. The molecule has 0 atom stereocenters. The number of methoxy groups -OCH3 is 1. The Bertz CT molecular complexity index is 1400. The van der Waals surface area contributed by atoms with Crippen molar-refractivity contribution in [3.63, 3.8) is 0 Å². The highest BCUT2D eigenvalue weighted by atomic mass is 19.1. The van der Waals surface area contributed by atoms with Crippen LogP contribution in [-0.4, -0.2) is 48.8 Å². The van der Waals surface area contributed by atoms with Gasteiger partial charge in [-0.25, -0.2) is 18.7 Å². The molecule has 1 aliphatic rings. The fourth-order valence-corrected chi connectivity index (χ4v) is 4.26. The van der Waals surface area contributed by atoms with E-state index in [9.17, 15) is 14.0 Å². The van der Waals surface area contributed by atoms with E-state index in [0.29, 0.717) is 41.2 Å². The van der Waals surface area contributed by atoms with Gasteiger partial charge in [0.2, 0.25) is 5.95 Å². The third-order valence-corrected chi connectivity index (χ3v) is 6.04. The number of para-hydroxylation sites is 1. The van der Waals surface area contributed by atoms with Crippen molar-refractivity contribution in [3.05, 3.63) is 94.5 Å². The number of piperazine rings is 1. The zero-order valence-corrected chi connectivity index (χ0v) is 18.6. The van der Waals surface area contributed by atoms with Gasteiger partial charge < -0.3 is 14.5 Å². The summed E-state index contributed by atoms with van der Waals surface area (Å²) < 4.78 is 19.9. The summed E-state index contributed by atoms with van der Waals surface area (Å²) in [5.74, 6) is -0.422. The first-order valence-electron chi connectivity index (χ1n) is 11.0. The van der Waals surface area contributed by atoms with Gasteiger partial charge in [0, 0.05) is 31.9 Å². The van der Waals surface area contributed by atoms with Gasteiger partial charge in [0.15, 0.2) is 0 Å². The van der Waals surface area contributed by atoms with Crippen LogP contribution in [0.2, 0.25) is 0 Å². The predicted molar refractivity (Wildman–Crippen MR) is 130 cm³/mol. The van der Waals surface area contributed by atoms with Crippen LogP contribution in [0.4, 0.5) is 16.0 Å². The summed E-state index contributed by atoms with van der Waals surface area (Å²) in [6.07, 6.45) is 0. The molecule has 4 aromatic rings. The van der Waals surface area contributed by atoms with Crippen LogP contribution in [0, 0.1) is 5.82 Å². The lowest BCUT2D eigenvalue weighted by Gasteiger charge is -2.37. The molecule has 0 spiro atoms. The van der Waals surface area contributed by atoms with E-state index in [4.69, 9.17) is 9.72 Å². The Morgan fingerprint density at radius 3 is 2.24 bits per heavy atom. The van der Waals surface area contributed by atoms with Crippen LogP contribution < -0.4 is 15.4 Å². The molecule has 5 rings (SSSR count). The number of aromatic nitrogens is 2. The molecule has 0 amide bonds. The Morgan fingerprint density at radius 2 is 1.56 bits per heavy atom. The molecule has 0 unspecified atom stereocenters. The third-order valence-electron chi connectivity index (χ3n) is 6.04. The first-order valence-corrected chi connectivity index (χ1v) is 11.0. The molecule has 0 radical (unpaired) electrons. The second-order valence-electron chi connectivity index (χ2n) is 8.06.